The molecule has 0 spiro atoms. The molecule has 0 radical (unpaired) electrons. The molecule has 7 heteroatoms. The maximum atomic E-state index is 13.9. The third-order valence-corrected chi connectivity index (χ3v) is 2.97. The molecule has 1 aromatic carbocycles. The van der Waals surface area contributed by atoms with Crippen molar-refractivity contribution in [3.05, 3.63) is 41.2 Å². The molecule has 110 valence electrons. The van der Waals surface area contributed by atoms with Crippen molar-refractivity contribution in [1.82, 2.24) is 10.6 Å². The van der Waals surface area contributed by atoms with Crippen LogP contribution in [0.25, 0.3) is 6.08 Å². The number of hydrogen-bond donors (Lipinski definition) is 3. The third-order valence-electron chi connectivity index (χ3n) is 2.97. The van der Waals surface area contributed by atoms with Crippen LogP contribution in [0.5, 0.6) is 0 Å². The molecule has 2 rings (SSSR count). The number of aliphatic carboxylic acids is 1. The van der Waals surface area contributed by atoms with Crippen molar-refractivity contribution >= 4 is 23.9 Å². The fraction of sp³-hybridized carbons (Fsp3) is 0.214. The topological polar surface area (TPSA) is 95.5 Å². The second-order valence-electron chi connectivity index (χ2n) is 4.59. The Labute approximate surface area is 119 Å². The van der Waals surface area contributed by atoms with Crippen LogP contribution in [0.15, 0.2) is 24.3 Å². The highest BCUT2D eigenvalue weighted by molar-refractivity contribution is 5.95. The van der Waals surface area contributed by atoms with E-state index >= 15 is 0 Å². The predicted molar refractivity (Wildman–Crippen MR) is 72.0 cm³/mol. The lowest BCUT2D eigenvalue weighted by atomic mass is 10.1. The number of carboxylic acid groups (broad SMARTS) is 1. The van der Waals surface area contributed by atoms with Gasteiger partial charge in [0.05, 0.1) is 11.6 Å². The lowest BCUT2D eigenvalue weighted by molar-refractivity contribution is -0.131. The van der Waals surface area contributed by atoms with Gasteiger partial charge >= 0.3 is 5.97 Å². The van der Waals surface area contributed by atoms with Crippen LogP contribution in [-0.4, -0.2) is 35.5 Å². The van der Waals surface area contributed by atoms with Gasteiger partial charge in [0, 0.05) is 19.0 Å². The molecule has 2 amide bonds. The summed E-state index contributed by atoms with van der Waals surface area (Å²) in [5, 5.41) is 13.6. The monoisotopic (exact) mass is 292 g/mol. The minimum atomic E-state index is -1.14. The number of hydrogen-bond acceptors (Lipinski definition) is 3. The molecular weight excluding hydrogens is 279 g/mol. The van der Waals surface area contributed by atoms with E-state index in [1.807, 2.05) is 0 Å². The standard InChI is InChI=1S/C14H13FN2O4/c15-11-5-8(2-4-13(19)20)1-3-10(11)14(21)17-9-6-12(18)16-7-9/h1-5,9H,6-7H2,(H,16,18)(H,17,21)(H,19,20)/b4-2+. The van der Waals surface area contributed by atoms with Crippen molar-refractivity contribution in [2.24, 2.45) is 0 Å². The van der Waals surface area contributed by atoms with Crippen molar-refractivity contribution in [2.45, 2.75) is 12.5 Å². The molecule has 6 nitrogen and oxygen atoms in total. The van der Waals surface area contributed by atoms with Crippen LogP contribution in [0.3, 0.4) is 0 Å². The van der Waals surface area contributed by atoms with Gasteiger partial charge in [0.25, 0.3) is 5.91 Å². The van der Waals surface area contributed by atoms with Gasteiger partial charge in [-0.2, -0.15) is 0 Å². The molecule has 1 aliphatic heterocycles. The van der Waals surface area contributed by atoms with Gasteiger partial charge in [-0.25, -0.2) is 9.18 Å². The molecular formula is C14H13FN2O4. The number of carboxylic acids is 1. The van der Waals surface area contributed by atoms with E-state index in [2.05, 4.69) is 10.6 Å². The number of carbonyl (C=O) groups is 3. The minimum absolute atomic E-state index is 0.151. The highest BCUT2D eigenvalue weighted by Crippen LogP contribution is 2.13. The minimum Gasteiger partial charge on any atom is -0.478 e. The van der Waals surface area contributed by atoms with Crippen LogP contribution in [0.4, 0.5) is 4.39 Å². The highest BCUT2D eigenvalue weighted by atomic mass is 19.1. The summed E-state index contributed by atoms with van der Waals surface area (Å²) in [6.45, 7) is 0.325. The summed E-state index contributed by atoms with van der Waals surface area (Å²) in [4.78, 5) is 33.3. The van der Waals surface area contributed by atoms with Crippen molar-refractivity contribution in [3.63, 3.8) is 0 Å². The first-order valence-corrected chi connectivity index (χ1v) is 6.24. The van der Waals surface area contributed by atoms with E-state index in [-0.39, 0.29) is 23.9 Å². The second-order valence-corrected chi connectivity index (χ2v) is 4.59. The smallest absolute Gasteiger partial charge is 0.328 e. The number of nitrogens with one attached hydrogen (secondary N) is 2. The Morgan fingerprint density at radius 2 is 2.19 bits per heavy atom. The van der Waals surface area contributed by atoms with Crippen molar-refractivity contribution in [3.8, 4) is 0 Å². The molecule has 3 N–H and O–H groups in total. The van der Waals surface area contributed by atoms with Crippen molar-refractivity contribution in [2.75, 3.05) is 6.54 Å². The van der Waals surface area contributed by atoms with Crippen LogP contribution in [0.1, 0.15) is 22.3 Å². The van der Waals surface area contributed by atoms with E-state index in [0.29, 0.717) is 12.1 Å². The van der Waals surface area contributed by atoms with E-state index in [1.165, 1.54) is 18.2 Å². The average Bonchev–Trinajstić information content (AvgIpc) is 2.81. The lowest BCUT2D eigenvalue weighted by Gasteiger charge is -2.11. The Hall–Kier alpha value is -2.70. The van der Waals surface area contributed by atoms with Gasteiger partial charge in [-0.05, 0) is 23.8 Å². The van der Waals surface area contributed by atoms with Crippen molar-refractivity contribution in [1.29, 1.82) is 0 Å². The molecule has 1 atom stereocenters. The number of amides is 2. The first kappa shape index (κ1) is 14.7. The number of benzene rings is 1. The summed E-state index contributed by atoms with van der Waals surface area (Å²) in [7, 11) is 0. The van der Waals surface area contributed by atoms with Crippen LogP contribution in [0, 0.1) is 5.82 Å². The Morgan fingerprint density at radius 1 is 1.43 bits per heavy atom. The average molecular weight is 292 g/mol. The van der Waals surface area contributed by atoms with Gasteiger partial charge in [0.2, 0.25) is 5.91 Å². The molecule has 1 heterocycles. The maximum absolute atomic E-state index is 13.9. The number of carbonyl (C=O) groups excluding carboxylic acids is 2. The second kappa shape index (κ2) is 6.17. The lowest BCUT2D eigenvalue weighted by Crippen LogP contribution is -2.36. The molecule has 1 unspecified atom stereocenters. The summed E-state index contributed by atoms with van der Waals surface area (Å²) in [6, 6.07) is 3.44. The summed E-state index contributed by atoms with van der Waals surface area (Å²) in [5.41, 5.74) is 0.186. The normalized spacial score (nSPS) is 17.8. The van der Waals surface area contributed by atoms with E-state index in [9.17, 15) is 18.8 Å². The Balaban J connectivity index is 2.07. The van der Waals surface area contributed by atoms with E-state index in [1.54, 1.807) is 0 Å². The third kappa shape index (κ3) is 3.88. The molecule has 0 aliphatic carbocycles. The van der Waals surface area contributed by atoms with E-state index in [4.69, 9.17) is 5.11 Å². The Kier molecular flexibility index (Phi) is 4.32. The van der Waals surface area contributed by atoms with Gasteiger partial charge in [0.1, 0.15) is 5.82 Å². The number of rotatable bonds is 4. The fourth-order valence-corrected chi connectivity index (χ4v) is 1.96. The van der Waals surface area contributed by atoms with Gasteiger partial charge in [0.15, 0.2) is 0 Å². The van der Waals surface area contributed by atoms with Gasteiger partial charge < -0.3 is 15.7 Å². The molecule has 21 heavy (non-hydrogen) atoms. The van der Waals surface area contributed by atoms with Crippen LogP contribution < -0.4 is 10.6 Å². The molecule has 0 bridgehead atoms. The Bertz CT molecular complexity index is 627. The SMILES string of the molecule is O=C(O)/C=C/c1ccc(C(=O)NC2CNC(=O)C2)c(F)c1. The van der Waals surface area contributed by atoms with Crippen molar-refractivity contribution < 1.29 is 23.9 Å². The van der Waals surface area contributed by atoms with E-state index < -0.39 is 17.7 Å². The van der Waals surface area contributed by atoms with E-state index in [0.717, 1.165) is 12.1 Å². The molecule has 1 aromatic rings. The largest absolute Gasteiger partial charge is 0.478 e. The zero-order valence-electron chi connectivity index (χ0n) is 10.9. The van der Waals surface area contributed by atoms with Gasteiger partial charge in [-0.15, -0.1) is 0 Å². The summed E-state index contributed by atoms with van der Waals surface area (Å²) < 4.78 is 13.9. The summed E-state index contributed by atoms with van der Waals surface area (Å²) in [6.07, 6.45) is 2.28. The zero-order valence-corrected chi connectivity index (χ0v) is 10.9. The highest BCUT2D eigenvalue weighted by Gasteiger charge is 2.24. The number of halogens is 1. The Morgan fingerprint density at radius 3 is 2.76 bits per heavy atom. The summed E-state index contributed by atoms with van der Waals surface area (Å²) >= 11 is 0. The molecule has 1 fully saturated rings. The maximum Gasteiger partial charge on any atom is 0.328 e. The molecule has 0 aromatic heterocycles. The van der Waals surface area contributed by atoms with Crippen LogP contribution in [0.2, 0.25) is 0 Å². The molecule has 0 saturated carbocycles. The van der Waals surface area contributed by atoms with Gasteiger partial charge in [-0.1, -0.05) is 6.07 Å². The molecule has 1 aliphatic rings. The van der Waals surface area contributed by atoms with Gasteiger partial charge in [-0.3, -0.25) is 9.59 Å². The summed E-state index contributed by atoms with van der Waals surface area (Å²) in [5.74, 6) is -2.66. The van der Waals surface area contributed by atoms with Crippen LogP contribution in [-0.2, 0) is 9.59 Å². The first-order valence-electron chi connectivity index (χ1n) is 6.24. The first-order chi connectivity index (χ1) is 9.95. The predicted octanol–water partition coefficient (Wildman–Crippen LogP) is 0.542. The zero-order chi connectivity index (χ0) is 15.4. The quantitative estimate of drug-likeness (QED) is 0.706. The van der Waals surface area contributed by atoms with Crippen LogP contribution >= 0.6 is 0 Å². The molecule has 1 saturated heterocycles. The fourth-order valence-electron chi connectivity index (χ4n) is 1.96.